The average molecular weight is 267 g/mol. The second kappa shape index (κ2) is 7.25. The third-order valence-electron chi connectivity index (χ3n) is 4.48. The Bertz CT molecular complexity index is 295. The minimum absolute atomic E-state index is 0.0747. The van der Waals surface area contributed by atoms with Gasteiger partial charge < -0.3 is 15.1 Å². The summed E-state index contributed by atoms with van der Waals surface area (Å²) in [6, 6.07) is 0.526. The van der Waals surface area contributed by atoms with Gasteiger partial charge in [0.25, 0.3) is 0 Å². The first kappa shape index (κ1) is 14.8. The molecule has 2 unspecified atom stereocenters. The summed E-state index contributed by atoms with van der Waals surface area (Å²) < 4.78 is 0. The topological polar surface area (TPSA) is 35.6 Å². The summed E-state index contributed by atoms with van der Waals surface area (Å²) in [5, 5.41) is 3.41. The Morgan fingerprint density at radius 2 is 2.00 bits per heavy atom. The van der Waals surface area contributed by atoms with E-state index in [1.165, 1.54) is 19.4 Å². The summed E-state index contributed by atoms with van der Waals surface area (Å²) >= 11 is 0. The molecule has 0 radical (unpaired) electrons. The minimum atomic E-state index is 0.0747. The summed E-state index contributed by atoms with van der Waals surface area (Å²) in [5.74, 6) is 0.350. The van der Waals surface area contributed by atoms with Gasteiger partial charge in [-0.3, -0.25) is 4.79 Å². The van der Waals surface area contributed by atoms with Gasteiger partial charge in [0, 0.05) is 19.1 Å². The molecule has 2 fully saturated rings. The summed E-state index contributed by atoms with van der Waals surface area (Å²) in [6.07, 6.45) is 5.67. The van der Waals surface area contributed by atoms with Crippen LogP contribution in [0, 0.1) is 0 Å². The quantitative estimate of drug-likeness (QED) is 0.819. The lowest BCUT2D eigenvalue weighted by molar-refractivity contribution is -0.139. The molecule has 2 rings (SSSR count). The van der Waals surface area contributed by atoms with Gasteiger partial charge in [0.15, 0.2) is 0 Å². The number of hydrogen-bond acceptors (Lipinski definition) is 3. The van der Waals surface area contributed by atoms with E-state index in [1.807, 2.05) is 0 Å². The molecule has 0 bridgehead atoms. The molecule has 4 heteroatoms. The molecule has 19 heavy (non-hydrogen) atoms. The van der Waals surface area contributed by atoms with Crippen LogP contribution in [0.15, 0.2) is 0 Å². The number of likely N-dealkylation sites (tertiary alicyclic amines) is 2. The van der Waals surface area contributed by atoms with Gasteiger partial charge in [-0.15, -0.1) is 0 Å². The standard InChI is InChI=1S/C15H29N3O/c1-3-9-16-14-8-6-11-18(15(14)19)13-7-5-10-17(4-2)12-13/h13-14,16H,3-12H2,1-2H3. The lowest BCUT2D eigenvalue weighted by atomic mass is 9.98. The normalized spacial score (nSPS) is 29.8. The number of amides is 1. The molecule has 4 nitrogen and oxygen atoms in total. The van der Waals surface area contributed by atoms with Crippen LogP contribution in [0.5, 0.6) is 0 Å². The number of likely N-dealkylation sites (N-methyl/N-ethyl adjacent to an activating group) is 1. The molecular formula is C15H29N3O. The highest BCUT2D eigenvalue weighted by Gasteiger charge is 2.34. The van der Waals surface area contributed by atoms with Crippen LogP contribution < -0.4 is 5.32 Å². The summed E-state index contributed by atoms with van der Waals surface area (Å²) in [7, 11) is 0. The maximum atomic E-state index is 12.6. The molecule has 2 aliphatic heterocycles. The SMILES string of the molecule is CCCNC1CCCN(C2CCCN(CC)C2)C1=O. The second-order valence-electron chi connectivity index (χ2n) is 5.87. The summed E-state index contributed by atoms with van der Waals surface area (Å²) in [6.45, 7) is 9.66. The van der Waals surface area contributed by atoms with Crippen molar-refractivity contribution in [3.63, 3.8) is 0 Å². The molecule has 0 aromatic rings. The largest absolute Gasteiger partial charge is 0.337 e. The predicted molar refractivity (Wildman–Crippen MR) is 78.2 cm³/mol. The van der Waals surface area contributed by atoms with Gasteiger partial charge in [-0.25, -0.2) is 0 Å². The van der Waals surface area contributed by atoms with E-state index in [1.54, 1.807) is 0 Å². The molecule has 1 amide bonds. The summed E-state index contributed by atoms with van der Waals surface area (Å²) in [5.41, 5.74) is 0. The number of hydrogen-bond donors (Lipinski definition) is 1. The monoisotopic (exact) mass is 267 g/mol. The van der Waals surface area contributed by atoms with E-state index in [9.17, 15) is 4.79 Å². The Hall–Kier alpha value is -0.610. The minimum Gasteiger partial charge on any atom is -0.337 e. The van der Waals surface area contributed by atoms with Crippen molar-refractivity contribution in [1.29, 1.82) is 0 Å². The summed E-state index contributed by atoms with van der Waals surface area (Å²) in [4.78, 5) is 17.2. The molecular weight excluding hydrogens is 238 g/mol. The molecule has 1 N–H and O–H groups in total. The Kier molecular flexibility index (Phi) is 5.64. The van der Waals surface area contributed by atoms with Gasteiger partial charge in [0.2, 0.25) is 5.91 Å². The fourth-order valence-electron chi connectivity index (χ4n) is 3.34. The van der Waals surface area contributed by atoms with Crippen molar-refractivity contribution < 1.29 is 4.79 Å². The highest BCUT2D eigenvalue weighted by molar-refractivity contribution is 5.83. The molecule has 0 spiro atoms. The predicted octanol–water partition coefficient (Wildman–Crippen LogP) is 1.46. The number of carbonyl (C=O) groups is 1. The zero-order valence-electron chi connectivity index (χ0n) is 12.5. The molecule has 2 heterocycles. The maximum Gasteiger partial charge on any atom is 0.239 e. The first-order valence-electron chi connectivity index (χ1n) is 8.02. The lowest BCUT2D eigenvalue weighted by Gasteiger charge is -2.42. The van der Waals surface area contributed by atoms with Gasteiger partial charge in [0.1, 0.15) is 0 Å². The molecule has 0 aromatic heterocycles. The van der Waals surface area contributed by atoms with Crippen molar-refractivity contribution >= 4 is 5.91 Å². The van der Waals surface area contributed by atoms with Crippen LogP contribution in [0.3, 0.4) is 0 Å². The Morgan fingerprint density at radius 3 is 2.74 bits per heavy atom. The molecule has 0 aromatic carbocycles. The zero-order chi connectivity index (χ0) is 13.7. The first-order chi connectivity index (χ1) is 9.26. The molecule has 110 valence electrons. The van der Waals surface area contributed by atoms with Gasteiger partial charge in [-0.1, -0.05) is 13.8 Å². The fourth-order valence-corrected chi connectivity index (χ4v) is 3.34. The van der Waals surface area contributed by atoms with E-state index >= 15 is 0 Å². The van der Waals surface area contributed by atoms with Gasteiger partial charge in [-0.2, -0.15) is 0 Å². The number of nitrogens with zero attached hydrogens (tertiary/aromatic N) is 2. The maximum absolute atomic E-state index is 12.6. The van der Waals surface area contributed by atoms with Crippen molar-refractivity contribution in [1.82, 2.24) is 15.1 Å². The van der Waals surface area contributed by atoms with Gasteiger partial charge >= 0.3 is 0 Å². The smallest absolute Gasteiger partial charge is 0.239 e. The number of nitrogens with one attached hydrogen (secondary N) is 1. The van der Waals surface area contributed by atoms with E-state index in [-0.39, 0.29) is 6.04 Å². The Morgan fingerprint density at radius 1 is 1.21 bits per heavy atom. The molecule has 2 saturated heterocycles. The molecule has 0 saturated carbocycles. The van der Waals surface area contributed by atoms with Gasteiger partial charge in [0.05, 0.1) is 6.04 Å². The van der Waals surface area contributed by atoms with E-state index < -0.39 is 0 Å². The van der Waals surface area contributed by atoms with Crippen molar-refractivity contribution in [2.24, 2.45) is 0 Å². The third-order valence-corrected chi connectivity index (χ3v) is 4.48. The van der Waals surface area contributed by atoms with Crippen LogP contribution in [-0.4, -0.2) is 60.5 Å². The number of carbonyl (C=O) groups excluding carboxylic acids is 1. The highest BCUT2D eigenvalue weighted by atomic mass is 16.2. The Labute approximate surface area is 117 Å². The number of rotatable bonds is 5. The second-order valence-corrected chi connectivity index (χ2v) is 5.87. The lowest BCUT2D eigenvalue weighted by Crippen LogP contribution is -2.57. The first-order valence-corrected chi connectivity index (χ1v) is 8.02. The Balaban J connectivity index is 1.92. The fraction of sp³-hybridized carbons (Fsp3) is 0.933. The van der Waals surface area contributed by atoms with Crippen molar-refractivity contribution in [3.05, 3.63) is 0 Å². The highest BCUT2D eigenvalue weighted by Crippen LogP contribution is 2.21. The van der Waals surface area contributed by atoms with Crippen molar-refractivity contribution in [2.75, 3.05) is 32.7 Å². The average Bonchev–Trinajstić information content (AvgIpc) is 2.46. The van der Waals surface area contributed by atoms with Crippen molar-refractivity contribution in [3.8, 4) is 0 Å². The third kappa shape index (κ3) is 3.69. The molecule has 2 aliphatic rings. The van der Waals surface area contributed by atoms with Crippen LogP contribution in [0.25, 0.3) is 0 Å². The van der Waals surface area contributed by atoms with Crippen LogP contribution in [0.2, 0.25) is 0 Å². The van der Waals surface area contributed by atoms with E-state index in [2.05, 4.69) is 29.0 Å². The van der Waals surface area contributed by atoms with Crippen molar-refractivity contribution in [2.45, 2.75) is 58.0 Å². The number of piperidine rings is 2. The zero-order valence-corrected chi connectivity index (χ0v) is 12.5. The van der Waals surface area contributed by atoms with Crippen LogP contribution in [0.1, 0.15) is 46.0 Å². The van der Waals surface area contributed by atoms with Crippen LogP contribution >= 0.6 is 0 Å². The van der Waals surface area contributed by atoms with E-state index in [4.69, 9.17) is 0 Å². The van der Waals surface area contributed by atoms with Gasteiger partial charge in [-0.05, 0) is 51.7 Å². The molecule has 2 atom stereocenters. The van der Waals surface area contributed by atoms with E-state index in [0.29, 0.717) is 11.9 Å². The van der Waals surface area contributed by atoms with Crippen LogP contribution in [0.4, 0.5) is 0 Å². The molecule has 0 aliphatic carbocycles. The van der Waals surface area contributed by atoms with Crippen LogP contribution in [-0.2, 0) is 4.79 Å². The van der Waals surface area contributed by atoms with E-state index in [0.717, 1.165) is 45.4 Å².